The molecule has 1 amide bonds. The van der Waals surface area contributed by atoms with E-state index in [0.29, 0.717) is 40.6 Å². The van der Waals surface area contributed by atoms with Crippen LogP contribution in [-0.2, 0) is 11.3 Å². The predicted molar refractivity (Wildman–Crippen MR) is 130 cm³/mol. The van der Waals surface area contributed by atoms with Crippen molar-refractivity contribution < 1.29 is 4.79 Å². The molecule has 0 radical (unpaired) electrons. The van der Waals surface area contributed by atoms with Crippen molar-refractivity contribution in [1.29, 1.82) is 0 Å². The molecule has 2 aromatic rings. The molecule has 9 heteroatoms. The Morgan fingerprint density at radius 3 is 2.61 bits per heavy atom. The van der Waals surface area contributed by atoms with Gasteiger partial charge in [-0.3, -0.25) is 9.48 Å². The second-order valence-corrected chi connectivity index (χ2v) is 10.5. The quantitative estimate of drug-likeness (QED) is 0.599. The van der Waals surface area contributed by atoms with Gasteiger partial charge in [-0.1, -0.05) is 18.5 Å². The standard InChI is InChI=1S/C24H34ClN7O/c1-2-21(33)31-11-9-24(10-12-31)7-5-18(6-8-24)28-22-20(25)14-26-23(30-22)29-19-13-27-32(16-19)15-17-3-4-17/h13-14,16-18H,2-12,15H2,1H3,(H2,26,28,29,30). The fraction of sp³-hybridized carbons (Fsp3) is 0.667. The third kappa shape index (κ3) is 5.42. The van der Waals surface area contributed by atoms with Gasteiger partial charge in [-0.25, -0.2) is 4.98 Å². The second-order valence-electron chi connectivity index (χ2n) is 10.1. The summed E-state index contributed by atoms with van der Waals surface area (Å²) in [6, 6.07) is 0.354. The van der Waals surface area contributed by atoms with Crippen LogP contribution in [0.3, 0.4) is 0 Å². The van der Waals surface area contributed by atoms with Crippen LogP contribution >= 0.6 is 11.6 Å². The average Bonchev–Trinajstić information content (AvgIpc) is 3.54. The molecule has 0 bridgehead atoms. The van der Waals surface area contributed by atoms with E-state index in [-0.39, 0.29) is 0 Å². The van der Waals surface area contributed by atoms with Gasteiger partial charge in [-0.05, 0) is 62.7 Å². The summed E-state index contributed by atoms with van der Waals surface area (Å²) in [7, 11) is 0. The number of hydrogen-bond donors (Lipinski definition) is 2. The number of carbonyl (C=O) groups is 1. The van der Waals surface area contributed by atoms with E-state index in [4.69, 9.17) is 11.6 Å². The number of piperidine rings is 1. The zero-order chi connectivity index (χ0) is 22.8. The fourth-order valence-electron chi connectivity index (χ4n) is 5.27. The van der Waals surface area contributed by atoms with Crippen LogP contribution in [0.2, 0.25) is 5.02 Å². The first-order valence-electron chi connectivity index (χ1n) is 12.4. The number of anilines is 3. The number of rotatable bonds is 7. The van der Waals surface area contributed by atoms with E-state index in [2.05, 4.69) is 25.7 Å². The molecule has 2 aliphatic carbocycles. The molecular formula is C24H34ClN7O. The van der Waals surface area contributed by atoms with Crippen LogP contribution in [0.4, 0.5) is 17.5 Å². The largest absolute Gasteiger partial charge is 0.366 e. The predicted octanol–water partition coefficient (Wildman–Crippen LogP) is 4.85. The number of nitrogens with one attached hydrogen (secondary N) is 2. The first kappa shape index (κ1) is 22.4. The number of carbonyl (C=O) groups excluding carboxylic acids is 1. The summed E-state index contributed by atoms with van der Waals surface area (Å²) < 4.78 is 1.98. The molecular weight excluding hydrogens is 438 g/mol. The number of nitrogens with zero attached hydrogens (tertiary/aromatic N) is 5. The van der Waals surface area contributed by atoms with E-state index < -0.39 is 0 Å². The third-order valence-electron chi connectivity index (χ3n) is 7.64. The Morgan fingerprint density at radius 1 is 1.15 bits per heavy atom. The van der Waals surface area contributed by atoms with Crippen molar-refractivity contribution >= 4 is 35.0 Å². The molecule has 0 atom stereocenters. The lowest BCUT2D eigenvalue weighted by molar-refractivity contribution is -0.133. The zero-order valence-corrected chi connectivity index (χ0v) is 20.2. The molecule has 0 unspecified atom stereocenters. The molecule has 0 aromatic carbocycles. The zero-order valence-electron chi connectivity index (χ0n) is 19.4. The molecule has 5 rings (SSSR count). The van der Waals surface area contributed by atoms with Crippen LogP contribution in [0.25, 0.3) is 0 Å². The van der Waals surface area contributed by atoms with Crippen molar-refractivity contribution in [3.8, 4) is 0 Å². The van der Waals surface area contributed by atoms with Crippen molar-refractivity contribution in [2.45, 2.75) is 77.3 Å². The summed E-state index contributed by atoms with van der Waals surface area (Å²) in [5.41, 5.74) is 1.28. The van der Waals surface area contributed by atoms with Crippen LogP contribution in [0.5, 0.6) is 0 Å². The first-order valence-corrected chi connectivity index (χ1v) is 12.8. The van der Waals surface area contributed by atoms with E-state index in [1.54, 1.807) is 6.20 Å². The minimum Gasteiger partial charge on any atom is -0.366 e. The lowest BCUT2D eigenvalue weighted by atomic mass is 9.67. The topological polar surface area (TPSA) is 88.0 Å². The summed E-state index contributed by atoms with van der Waals surface area (Å²) in [6.07, 6.45) is 15.5. The molecule has 3 fully saturated rings. The lowest BCUT2D eigenvalue weighted by Crippen LogP contribution is -2.45. The molecule has 3 heterocycles. The average molecular weight is 472 g/mol. The van der Waals surface area contributed by atoms with E-state index in [1.807, 2.05) is 28.9 Å². The van der Waals surface area contributed by atoms with E-state index in [0.717, 1.165) is 56.9 Å². The molecule has 8 nitrogen and oxygen atoms in total. The minimum absolute atomic E-state index is 0.290. The van der Waals surface area contributed by atoms with Gasteiger partial charge in [0.15, 0.2) is 5.82 Å². The molecule has 3 aliphatic rings. The van der Waals surface area contributed by atoms with Crippen molar-refractivity contribution in [3.05, 3.63) is 23.6 Å². The molecule has 1 saturated heterocycles. The summed E-state index contributed by atoms with van der Waals surface area (Å²) in [6.45, 7) is 4.75. The van der Waals surface area contributed by atoms with Gasteiger partial charge in [0.2, 0.25) is 11.9 Å². The highest BCUT2D eigenvalue weighted by molar-refractivity contribution is 6.32. The highest BCUT2D eigenvalue weighted by atomic mass is 35.5. The third-order valence-corrected chi connectivity index (χ3v) is 7.92. The van der Waals surface area contributed by atoms with Gasteiger partial charge in [0.05, 0.1) is 18.1 Å². The van der Waals surface area contributed by atoms with Crippen LogP contribution in [-0.4, -0.2) is 49.7 Å². The molecule has 33 heavy (non-hydrogen) atoms. The Kier molecular flexibility index (Phi) is 6.45. The van der Waals surface area contributed by atoms with Gasteiger partial charge < -0.3 is 15.5 Å². The van der Waals surface area contributed by atoms with Crippen molar-refractivity contribution in [2.75, 3.05) is 23.7 Å². The van der Waals surface area contributed by atoms with Gasteiger partial charge in [-0.15, -0.1) is 0 Å². The summed E-state index contributed by atoms with van der Waals surface area (Å²) in [4.78, 5) is 23.0. The van der Waals surface area contributed by atoms with Crippen molar-refractivity contribution in [3.63, 3.8) is 0 Å². The maximum Gasteiger partial charge on any atom is 0.229 e. The number of hydrogen-bond acceptors (Lipinski definition) is 6. The fourth-order valence-corrected chi connectivity index (χ4v) is 5.42. The van der Waals surface area contributed by atoms with Crippen LogP contribution in [0, 0.1) is 11.3 Å². The van der Waals surface area contributed by atoms with Crippen LogP contribution in [0.1, 0.15) is 64.7 Å². The number of halogens is 1. The Bertz CT molecular complexity index is 971. The molecule has 2 saturated carbocycles. The summed E-state index contributed by atoms with van der Waals surface area (Å²) in [5, 5.41) is 11.8. The van der Waals surface area contributed by atoms with Crippen molar-refractivity contribution in [1.82, 2.24) is 24.6 Å². The Labute approximate surface area is 200 Å². The van der Waals surface area contributed by atoms with E-state index in [1.165, 1.54) is 25.7 Å². The highest BCUT2D eigenvalue weighted by Gasteiger charge is 2.38. The minimum atomic E-state index is 0.290. The maximum atomic E-state index is 12.0. The second kappa shape index (κ2) is 9.49. The molecule has 2 N–H and O–H groups in total. The van der Waals surface area contributed by atoms with Crippen molar-refractivity contribution in [2.24, 2.45) is 11.3 Å². The molecule has 1 aliphatic heterocycles. The monoisotopic (exact) mass is 471 g/mol. The number of aromatic nitrogens is 4. The van der Waals surface area contributed by atoms with Crippen LogP contribution in [0.15, 0.2) is 18.6 Å². The van der Waals surface area contributed by atoms with E-state index in [9.17, 15) is 4.79 Å². The lowest BCUT2D eigenvalue weighted by Gasteiger charge is -2.46. The van der Waals surface area contributed by atoms with Gasteiger partial charge in [-0.2, -0.15) is 10.1 Å². The van der Waals surface area contributed by atoms with Gasteiger partial charge in [0, 0.05) is 38.3 Å². The summed E-state index contributed by atoms with van der Waals surface area (Å²) >= 11 is 6.42. The summed E-state index contributed by atoms with van der Waals surface area (Å²) in [5.74, 6) is 2.27. The van der Waals surface area contributed by atoms with Gasteiger partial charge in [0.1, 0.15) is 5.02 Å². The first-order chi connectivity index (χ1) is 16.0. The SMILES string of the molecule is CCC(=O)N1CCC2(CCC(Nc3nc(Nc4cnn(CC5CC5)c4)ncc3Cl)CC2)CC1. The normalized spacial score (nSPS) is 20.7. The van der Waals surface area contributed by atoms with Gasteiger partial charge in [0.25, 0.3) is 0 Å². The Hall–Kier alpha value is -2.35. The Morgan fingerprint density at radius 2 is 1.91 bits per heavy atom. The van der Waals surface area contributed by atoms with E-state index >= 15 is 0 Å². The molecule has 1 spiro atoms. The smallest absolute Gasteiger partial charge is 0.229 e. The van der Waals surface area contributed by atoms with Crippen LogP contribution < -0.4 is 10.6 Å². The Balaban J connectivity index is 1.15. The molecule has 178 valence electrons. The highest BCUT2D eigenvalue weighted by Crippen LogP contribution is 2.45. The molecule has 2 aromatic heterocycles. The van der Waals surface area contributed by atoms with Gasteiger partial charge >= 0.3 is 0 Å². The maximum absolute atomic E-state index is 12.0. The number of likely N-dealkylation sites (tertiary alicyclic amines) is 1. The number of amides is 1.